The van der Waals surface area contributed by atoms with Crippen molar-refractivity contribution in [2.75, 3.05) is 4.90 Å². The second-order valence-electron chi connectivity index (χ2n) is 5.62. The fraction of sp³-hybridized carbons (Fsp3) is 0.500. The summed E-state index contributed by atoms with van der Waals surface area (Å²) in [6.45, 7) is 0. The summed E-state index contributed by atoms with van der Waals surface area (Å²) in [4.78, 5) is 37.0. The summed E-state index contributed by atoms with van der Waals surface area (Å²) < 4.78 is 0. The summed E-state index contributed by atoms with van der Waals surface area (Å²) in [5, 5.41) is 10.7. The Bertz CT molecular complexity index is 566. The molecule has 1 aromatic heterocycles. The third-order valence-corrected chi connectivity index (χ3v) is 5.19. The van der Waals surface area contributed by atoms with Crippen molar-refractivity contribution in [1.29, 1.82) is 0 Å². The number of piperidine rings is 1. The Morgan fingerprint density at radius 3 is 2.35 bits per heavy atom. The van der Waals surface area contributed by atoms with E-state index in [1.54, 1.807) is 5.38 Å². The van der Waals surface area contributed by atoms with Crippen molar-refractivity contribution in [2.24, 2.45) is 5.41 Å². The van der Waals surface area contributed by atoms with Crippen LogP contribution < -0.4 is 4.90 Å². The van der Waals surface area contributed by atoms with Crippen molar-refractivity contribution >= 4 is 34.8 Å². The highest BCUT2D eigenvalue weighted by atomic mass is 32.1. The molecule has 1 aliphatic carbocycles. The van der Waals surface area contributed by atoms with Crippen molar-refractivity contribution in [2.45, 2.75) is 38.5 Å². The van der Waals surface area contributed by atoms with Crippen LogP contribution in [0.2, 0.25) is 0 Å². The fourth-order valence-electron chi connectivity index (χ4n) is 3.39. The minimum Gasteiger partial charge on any atom is -0.477 e. The van der Waals surface area contributed by atoms with E-state index in [1.165, 1.54) is 6.07 Å². The number of carbonyl (C=O) groups is 3. The highest BCUT2D eigenvalue weighted by Gasteiger charge is 2.46. The van der Waals surface area contributed by atoms with E-state index in [1.807, 2.05) is 0 Å². The molecule has 0 unspecified atom stereocenters. The minimum atomic E-state index is -1.10. The molecule has 0 radical (unpaired) electrons. The zero-order chi connectivity index (χ0) is 14.3. The summed E-state index contributed by atoms with van der Waals surface area (Å²) in [5.74, 6) is -1.62. The van der Waals surface area contributed by atoms with Gasteiger partial charge in [0.2, 0.25) is 11.8 Å². The molecule has 1 saturated carbocycles. The first-order valence-electron chi connectivity index (χ1n) is 6.69. The molecule has 1 aromatic rings. The number of nitrogens with zero attached hydrogens (tertiary/aromatic N) is 1. The second-order valence-corrected chi connectivity index (χ2v) is 6.54. The van der Waals surface area contributed by atoms with Crippen molar-refractivity contribution < 1.29 is 19.5 Å². The molecule has 106 valence electrons. The van der Waals surface area contributed by atoms with E-state index in [0.717, 1.165) is 41.9 Å². The second kappa shape index (κ2) is 4.70. The zero-order valence-corrected chi connectivity index (χ0v) is 11.7. The smallest absolute Gasteiger partial charge is 0.348 e. The molecule has 5 nitrogen and oxygen atoms in total. The molecule has 1 saturated heterocycles. The van der Waals surface area contributed by atoms with Gasteiger partial charge in [-0.3, -0.25) is 9.59 Å². The quantitative estimate of drug-likeness (QED) is 0.851. The van der Waals surface area contributed by atoms with Crippen molar-refractivity contribution in [3.8, 4) is 0 Å². The highest BCUT2D eigenvalue weighted by molar-refractivity contribution is 7.12. The average Bonchev–Trinajstić information content (AvgIpc) is 2.98. The van der Waals surface area contributed by atoms with Crippen LogP contribution in [0, 0.1) is 5.41 Å². The molecule has 1 spiro atoms. The Balaban J connectivity index is 1.92. The summed E-state index contributed by atoms with van der Waals surface area (Å²) in [7, 11) is 0. The largest absolute Gasteiger partial charge is 0.477 e. The Labute approximate surface area is 120 Å². The van der Waals surface area contributed by atoms with Crippen LogP contribution in [0.3, 0.4) is 0 Å². The molecule has 0 bridgehead atoms. The van der Waals surface area contributed by atoms with Crippen LogP contribution in [0.15, 0.2) is 11.4 Å². The number of aromatic carboxylic acids is 1. The van der Waals surface area contributed by atoms with Gasteiger partial charge in [-0.25, -0.2) is 9.69 Å². The number of anilines is 1. The van der Waals surface area contributed by atoms with Crippen LogP contribution in [-0.2, 0) is 9.59 Å². The molecule has 2 amide bonds. The summed E-state index contributed by atoms with van der Waals surface area (Å²) in [6.07, 6.45) is 4.70. The number of carbonyl (C=O) groups excluding carboxylic acids is 2. The lowest BCUT2D eigenvalue weighted by atomic mass is 9.76. The highest BCUT2D eigenvalue weighted by Crippen LogP contribution is 2.48. The lowest BCUT2D eigenvalue weighted by molar-refractivity contribution is -0.133. The molecule has 6 heteroatoms. The first-order valence-corrected chi connectivity index (χ1v) is 7.57. The van der Waals surface area contributed by atoms with Crippen LogP contribution >= 0.6 is 11.3 Å². The van der Waals surface area contributed by atoms with Gasteiger partial charge in [0.1, 0.15) is 4.88 Å². The molecule has 2 aliphatic rings. The van der Waals surface area contributed by atoms with Crippen LogP contribution in [0.1, 0.15) is 48.2 Å². The number of rotatable bonds is 2. The lowest BCUT2D eigenvalue weighted by Crippen LogP contribution is -2.47. The number of carboxylic acids is 1. The minimum absolute atomic E-state index is 0.0501. The molecule has 1 aliphatic heterocycles. The third kappa shape index (κ3) is 2.04. The normalized spacial score (nSPS) is 21.7. The average molecular weight is 293 g/mol. The number of hydrogen-bond donors (Lipinski definition) is 1. The zero-order valence-electron chi connectivity index (χ0n) is 10.9. The summed E-state index contributed by atoms with van der Waals surface area (Å²) in [5.41, 5.74) is 0.0645. The van der Waals surface area contributed by atoms with Crippen LogP contribution in [0.5, 0.6) is 0 Å². The summed E-state index contributed by atoms with van der Waals surface area (Å²) >= 11 is 1.03. The molecular formula is C14H15NO4S. The fourth-order valence-corrected chi connectivity index (χ4v) is 4.10. The van der Waals surface area contributed by atoms with Gasteiger partial charge in [-0.15, -0.1) is 11.3 Å². The van der Waals surface area contributed by atoms with Gasteiger partial charge in [0.15, 0.2) is 0 Å². The maximum atomic E-state index is 12.4. The van der Waals surface area contributed by atoms with E-state index in [0.29, 0.717) is 12.8 Å². The SMILES string of the molecule is O=C(O)c1sccc1N1C(=O)CC2(CCCC2)CC1=O. The molecule has 1 N–H and O–H groups in total. The van der Waals surface area contributed by atoms with E-state index in [2.05, 4.69) is 0 Å². The summed E-state index contributed by atoms with van der Waals surface area (Å²) in [6, 6.07) is 1.54. The van der Waals surface area contributed by atoms with Gasteiger partial charge in [0.05, 0.1) is 5.69 Å². The lowest BCUT2D eigenvalue weighted by Gasteiger charge is -2.37. The number of imide groups is 1. The van der Waals surface area contributed by atoms with E-state index < -0.39 is 5.97 Å². The molecule has 2 heterocycles. The Morgan fingerprint density at radius 2 is 1.80 bits per heavy atom. The maximum absolute atomic E-state index is 12.4. The predicted octanol–water partition coefficient (Wildman–Crippen LogP) is 2.66. The number of amides is 2. The van der Waals surface area contributed by atoms with E-state index >= 15 is 0 Å². The molecule has 2 fully saturated rings. The van der Waals surface area contributed by atoms with E-state index in [9.17, 15) is 14.4 Å². The van der Waals surface area contributed by atoms with Crippen LogP contribution in [0.4, 0.5) is 5.69 Å². The van der Waals surface area contributed by atoms with Gasteiger partial charge in [-0.05, 0) is 29.7 Å². The van der Waals surface area contributed by atoms with E-state index in [4.69, 9.17) is 5.11 Å². The topological polar surface area (TPSA) is 74.7 Å². The first kappa shape index (κ1) is 13.3. The number of hydrogen-bond acceptors (Lipinski definition) is 4. The third-order valence-electron chi connectivity index (χ3n) is 4.30. The molecule has 0 atom stereocenters. The van der Waals surface area contributed by atoms with Crippen LogP contribution in [0.25, 0.3) is 0 Å². The maximum Gasteiger partial charge on any atom is 0.348 e. The van der Waals surface area contributed by atoms with E-state index in [-0.39, 0.29) is 27.8 Å². The van der Waals surface area contributed by atoms with Crippen molar-refractivity contribution in [3.05, 3.63) is 16.3 Å². The van der Waals surface area contributed by atoms with Gasteiger partial charge in [0, 0.05) is 12.8 Å². The monoisotopic (exact) mass is 293 g/mol. The van der Waals surface area contributed by atoms with Gasteiger partial charge in [-0.2, -0.15) is 0 Å². The van der Waals surface area contributed by atoms with Crippen molar-refractivity contribution in [1.82, 2.24) is 0 Å². The van der Waals surface area contributed by atoms with Crippen molar-refractivity contribution in [3.63, 3.8) is 0 Å². The predicted molar refractivity (Wildman–Crippen MR) is 73.9 cm³/mol. The van der Waals surface area contributed by atoms with Gasteiger partial charge in [0.25, 0.3) is 0 Å². The molecule has 0 aromatic carbocycles. The molecule has 3 rings (SSSR count). The Morgan fingerprint density at radius 1 is 1.20 bits per heavy atom. The standard InChI is InChI=1S/C14H15NO4S/c16-10-7-14(4-1-2-5-14)8-11(17)15(10)9-3-6-20-12(9)13(18)19/h3,6H,1-2,4-5,7-8H2,(H,18,19). The Hall–Kier alpha value is -1.69. The first-order chi connectivity index (χ1) is 9.52. The number of thiophene rings is 1. The van der Waals surface area contributed by atoms with Gasteiger partial charge < -0.3 is 5.11 Å². The Kier molecular flexibility index (Phi) is 3.12. The molecular weight excluding hydrogens is 278 g/mol. The van der Waals surface area contributed by atoms with Gasteiger partial charge in [-0.1, -0.05) is 12.8 Å². The van der Waals surface area contributed by atoms with Gasteiger partial charge >= 0.3 is 5.97 Å². The number of carboxylic acid groups (broad SMARTS) is 1. The van der Waals surface area contributed by atoms with Crippen LogP contribution in [-0.4, -0.2) is 22.9 Å². The molecule has 20 heavy (non-hydrogen) atoms.